The number of benzene rings is 1. The first-order valence-electron chi connectivity index (χ1n) is 5.09. The maximum atomic E-state index is 5.90. The third-order valence-corrected chi connectivity index (χ3v) is 3.54. The van der Waals surface area contributed by atoms with Crippen molar-refractivity contribution in [2.75, 3.05) is 5.01 Å². The summed E-state index contributed by atoms with van der Waals surface area (Å²) in [6.07, 6.45) is 2.16. The van der Waals surface area contributed by atoms with Gasteiger partial charge in [-0.2, -0.15) is 0 Å². The van der Waals surface area contributed by atoms with E-state index in [1.165, 1.54) is 10.6 Å². The van der Waals surface area contributed by atoms with Crippen LogP contribution in [0, 0.1) is 3.57 Å². The predicted molar refractivity (Wildman–Crippen MR) is 76.3 cm³/mol. The first-order valence-corrected chi connectivity index (χ1v) is 6.17. The summed E-state index contributed by atoms with van der Waals surface area (Å²) >= 11 is 2.30. The van der Waals surface area contributed by atoms with Crippen LogP contribution in [0.25, 0.3) is 0 Å². The van der Waals surface area contributed by atoms with E-state index in [1.54, 1.807) is 0 Å². The van der Waals surface area contributed by atoms with E-state index in [-0.39, 0.29) is 0 Å². The molecule has 0 aliphatic carbocycles. The number of halogens is 1. The lowest BCUT2D eigenvalue weighted by molar-refractivity contribution is 0.803. The van der Waals surface area contributed by atoms with Crippen molar-refractivity contribution < 1.29 is 0 Å². The van der Waals surface area contributed by atoms with Crippen molar-refractivity contribution in [2.24, 2.45) is 11.7 Å². The average molecular weight is 332 g/mol. The van der Waals surface area contributed by atoms with Gasteiger partial charge >= 0.3 is 0 Å². The summed E-state index contributed by atoms with van der Waals surface area (Å²) in [5.74, 6) is 11.6. The molecule has 0 unspecified atom stereocenters. The van der Waals surface area contributed by atoms with E-state index < -0.39 is 0 Å². The maximum absolute atomic E-state index is 5.90. The van der Waals surface area contributed by atoms with Gasteiger partial charge in [-0.05, 0) is 40.6 Å². The minimum absolute atomic E-state index is 0.464. The molecule has 0 bridgehead atoms. The second-order valence-corrected chi connectivity index (χ2v) is 4.54. The van der Waals surface area contributed by atoms with Gasteiger partial charge in [0.2, 0.25) is 0 Å². The van der Waals surface area contributed by atoms with Crippen molar-refractivity contribution in [3.8, 4) is 0 Å². The zero-order valence-corrected chi connectivity index (χ0v) is 11.5. The van der Waals surface area contributed by atoms with E-state index in [2.05, 4.69) is 47.6 Å². The topological polar surface area (TPSA) is 67.3 Å². The molecule has 5 N–H and O–H groups in total. The van der Waals surface area contributed by atoms with Crippen molar-refractivity contribution in [1.29, 1.82) is 0 Å². The first kappa shape index (κ1) is 13.3. The fraction of sp³-hybridized carbons (Fsp3) is 0.273. The predicted octanol–water partition coefficient (Wildman–Crippen LogP) is 1.86. The molecule has 4 nitrogen and oxygen atoms in total. The van der Waals surface area contributed by atoms with Gasteiger partial charge in [0, 0.05) is 3.57 Å². The highest BCUT2D eigenvalue weighted by molar-refractivity contribution is 14.1. The van der Waals surface area contributed by atoms with Crippen molar-refractivity contribution in [3.63, 3.8) is 0 Å². The van der Waals surface area contributed by atoms with Crippen LogP contribution in [-0.2, 0) is 6.42 Å². The molecule has 5 heteroatoms. The van der Waals surface area contributed by atoms with Crippen molar-refractivity contribution in [3.05, 3.63) is 39.7 Å². The Morgan fingerprint density at radius 1 is 1.56 bits per heavy atom. The summed E-state index contributed by atoms with van der Waals surface area (Å²) in [7, 11) is 0. The van der Waals surface area contributed by atoms with Gasteiger partial charge in [0.1, 0.15) is 5.82 Å². The second kappa shape index (κ2) is 6.07. The molecule has 0 atom stereocenters. The second-order valence-electron chi connectivity index (χ2n) is 3.46. The third kappa shape index (κ3) is 2.87. The molecule has 0 saturated carbocycles. The fourth-order valence-corrected chi connectivity index (χ4v) is 2.32. The molecule has 88 valence electrons. The number of anilines is 1. The Bertz CT molecular complexity index is 378. The van der Waals surface area contributed by atoms with Gasteiger partial charge in [-0.3, -0.25) is 5.01 Å². The molecule has 0 amide bonds. The van der Waals surface area contributed by atoms with E-state index in [9.17, 15) is 0 Å². The van der Waals surface area contributed by atoms with Crippen LogP contribution in [-0.4, -0.2) is 0 Å². The van der Waals surface area contributed by atoms with Crippen molar-refractivity contribution >= 4 is 28.3 Å². The van der Waals surface area contributed by atoms with Crippen LogP contribution in [0.4, 0.5) is 5.69 Å². The summed E-state index contributed by atoms with van der Waals surface area (Å²) in [6, 6.07) is 6.05. The molecule has 16 heavy (non-hydrogen) atoms. The molecule has 0 aliphatic heterocycles. The number of rotatable bonds is 5. The van der Waals surface area contributed by atoms with Crippen LogP contribution in [0.2, 0.25) is 0 Å². The van der Waals surface area contributed by atoms with Crippen LogP contribution < -0.4 is 22.1 Å². The van der Waals surface area contributed by atoms with E-state index >= 15 is 0 Å². The third-order valence-electron chi connectivity index (χ3n) is 2.29. The first-order chi connectivity index (χ1) is 7.61. The van der Waals surface area contributed by atoms with E-state index in [0.29, 0.717) is 5.82 Å². The Labute approximate surface area is 110 Å². The Hall–Kier alpha value is -0.790. The Morgan fingerprint density at radius 2 is 2.25 bits per heavy atom. The van der Waals surface area contributed by atoms with Crippen LogP contribution in [0.3, 0.4) is 0 Å². The molecule has 0 radical (unpaired) electrons. The number of hydrogen-bond acceptors (Lipinski definition) is 4. The standard InChI is InChI=1S/C11H17IN4/c1-3-5-9-6-4-7-10(11(9)12)16(14)8(2)15-13/h4,6-7,15H,2-3,5,13-14H2,1H3. The molecule has 0 spiro atoms. The van der Waals surface area contributed by atoms with Gasteiger partial charge in [0.05, 0.1) is 5.69 Å². The van der Waals surface area contributed by atoms with Crippen molar-refractivity contribution in [1.82, 2.24) is 5.43 Å². The number of hydrogen-bond donors (Lipinski definition) is 3. The maximum Gasteiger partial charge on any atom is 0.127 e. The minimum Gasteiger partial charge on any atom is -0.309 e. The Balaban J connectivity index is 3.05. The highest BCUT2D eigenvalue weighted by Crippen LogP contribution is 2.26. The zero-order valence-electron chi connectivity index (χ0n) is 9.33. The SMILES string of the molecule is C=C(NN)N(N)c1cccc(CCC)c1I. The van der Waals surface area contributed by atoms with Crippen LogP contribution in [0.5, 0.6) is 0 Å². The summed E-state index contributed by atoms with van der Waals surface area (Å²) in [5, 5.41) is 1.46. The highest BCUT2D eigenvalue weighted by atomic mass is 127. The van der Waals surface area contributed by atoms with Crippen LogP contribution in [0.15, 0.2) is 30.6 Å². The molecule has 0 aliphatic rings. The molecule has 1 aromatic rings. The molecular formula is C11H17IN4. The highest BCUT2D eigenvalue weighted by Gasteiger charge is 2.11. The van der Waals surface area contributed by atoms with Gasteiger partial charge < -0.3 is 5.43 Å². The minimum atomic E-state index is 0.464. The summed E-state index contributed by atoms with van der Waals surface area (Å²) < 4.78 is 1.14. The summed E-state index contributed by atoms with van der Waals surface area (Å²) in [4.78, 5) is 0. The number of hydrazine groups is 2. The van der Waals surface area contributed by atoms with E-state index in [4.69, 9.17) is 11.7 Å². The lowest BCUT2D eigenvalue weighted by Crippen LogP contribution is -2.40. The van der Waals surface area contributed by atoms with E-state index in [0.717, 1.165) is 22.1 Å². The summed E-state index contributed by atoms with van der Waals surface area (Å²) in [6.45, 7) is 5.88. The molecule has 1 aromatic carbocycles. The van der Waals surface area contributed by atoms with Gasteiger partial charge in [-0.25, -0.2) is 11.7 Å². The lowest BCUT2D eigenvalue weighted by Gasteiger charge is -2.22. The molecule has 1 rings (SSSR count). The Morgan fingerprint density at radius 3 is 2.81 bits per heavy atom. The molecular weight excluding hydrogens is 315 g/mol. The van der Waals surface area contributed by atoms with E-state index in [1.807, 2.05) is 12.1 Å². The molecule has 0 aromatic heterocycles. The molecule has 0 fully saturated rings. The number of nitrogens with zero attached hydrogens (tertiary/aromatic N) is 1. The van der Waals surface area contributed by atoms with Crippen LogP contribution in [0.1, 0.15) is 18.9 Å². The summed E-state index contributed by atoms with van der Waals surface area (Å²) in [5.41, 5.74) is 4.65. The number of nitrogens with two attached hydrogens (primary N) is 2. The molecule has 0 saturated heterocycles. The van der Waals surface area contributed by atoms with Gasteiger partial charge in [0.15, 0.2) is 0 Å². The lowest BCUT2D eigenvalue weighted by atomic mass is 10.1. The zero-order chi connectivity index (χ0) is 12.1. The van der Waals surface area contributed by atoms with Crippen molar-refractivity contribution in [2.45, 2.75) is 19.8 Å². The number of nitrogens with one attached hydrogen (secondary N) is 1. The number of aryl methyl sites for hydroxylation is 1. The normalized spacial score (nSPS) is 10.0. The molecule has 0 heterocycles. The fourth-order valence-electron chi connectivity index (χ4n) is 1.43. The Kier molecular flexibility index (Phi) is 5.04. The van der Waals surface area contributed by atoms with Gasteiger partial charge in [0.25, 0.3) is 0 Å². The average Bonchev–Trinajstić information content (AvgIpc) is 2.30. The smallest absolute Gasteiger partial charge is 0.127 e. The monoisotopic (exact) mass is 332 g/mol. The largest absolute Gasteiger partial charge is 0.309 e. The van der Waals surface area contributed by atoms with Gasteiger partial charge in [-0.1, -0.05) is 32.1 Å². The van der Waals surface area contributed by atoms with Gasteiger partial charge in [-0.15, -0.1) is 0 Å². The quantitative estimate of drug-likeness (QED) is 0.437. The van der Waals surface area contributed by atoms with Crippen LogP contribution >= 0.6 is 22.6 Å².